The van der Waals surface area contributed by atoms with E-state index in [9.17, 15) is 22.8 Å². The first-order valence-electron chi connectivity index (χ1n) is 10.5. The molecule has 0 spiro atoms. The van der Waals surface area contributed by atoms with E-state index >= 15 is 0 Å². The number of fused-ring (bicyclic) bond motifs is 2. The van der Waals surface area contributed by atoms with E-state index in [4.69, 9.17) is 9.47 Å². The molecule has 2 aromatic rings. The van der Waals surface area contributed by atoms with Crippen LogP contribution < -0.4 is 20.1 Å². The van der Waals surface area contributed by atoms with Crippen LogP contribution in [0.3, 0.4) is 0 Å². The van der Waals surface area contributed by atoms with Gasteiger partial charge in [-0.25, -0.2) is 0 Å². The largest absolute Gasteiger partial charge is 0.494 e. The SMILES string of the molecule is CCOc1cc2c(cc1CNC(=O)C[C@@H]1Sc3ccc(C(F)(F)F)cc3NC1=O)O[C@@H](C)C2. The summed E-state index contributed by atoms with van der Waals surface area (Å²) in [4.78, 5) is 25.4. The Morgan fingerprint density at radius 1 is 1.30 bits per heavy atom. The summed E-state index contributed by atoms with van der Waals surface area (Å²) in [6.07, 6.45) is -3.74. The van der Waals surface area contributed by atoms with Gasteiger partial charge in [0.25, 0.3) is 0 Å². The Bertz CT molecular complexity index is 1090. The van der Waals surface area contributed by atoms with E-state index in [1.807, 2.05) is 26.0 Å². The molecule has 6 nitrogen and oxygen atoms in total. The standard InChI is InChI=1S/C23H23F3N2O4S/c1-3-31-17-7-13-6-12(2)32-18(13)8-14(17)11-27-21(29)10-20-22(30)28-16-9-15(23(24,25)26)4-5-19(16)33-20/h4-5,7-9,12,20H,3,6,10-11H2,1-2H3,(H,27,29)(H,28,30)/t12-,20-/m0/s1. The second-order valence-electron chi connectivity index (χ2n) is 7.92. The minimum Gasteiger partial charge on any atom is -0.494 e. The summed E-state index contributed by atoms with van der Waals surface area (Å²) in [6.45, 7) is 4.54. The van der Waals surface area contributed by atoms with E-state index in [0.29, 0.717) is 17.3 Å². The molecule has 0 unspecified atom stereocenters. The number of hydrogen-bond acceptors (Lipinski definition) is 5. The summed E-state index contributed by atoms with van der Waals surface area (Å²) in [5.41, 5.74) is 1.09. The topological polar surface area (TPSA) is 76.7 Å². The number of rotatable bonds is 6. The first kappa shape index (κ1) is 23.3. The molecule has 0 aliphatic carbocycles. The van der Waals surface area contributed by atoms with Gasteiger partial charge in [0, 0.05) is 35.4 Å². The first-order chi connectivity index (χ1) is 15.6. The molecule has 33 heavy (non-hydrogen) atoms. The Morgan fingerprint density at radius 2 is 2.09 bits per heavy atom. The van der Waals surface area contributed by atoms with Crippen LogP contribution in [0.15, 0.2) is 35.2 Å². The molecule has 2 aromatic carbocycles. The molecule has 2 heterocycles. The van der Waals surface area contributed by atoms with Gasteiger partial charge in [-0.05, 0) is 44.2 Å². The molecule has 0 bridgehead atoms. The molecule has 0 aromatic heterocycles. The van der Waals surface area contributed by atoms with Crippen molar-refractivity contribution in [3.8, 4) is 11.5 Å². The number of halogens is 3. The van der Waals surface area contributed by atoms with Crippen molar-refractivity contribution in [1.82, 2.24) is 5.32 Å². The minimum atomic E-state index is -4.50. The van der Waals surface area contributed by atoms with Gasteiger partial charge in [0.2, 0.25) is 11.8 Å². The van der Waals surface area contributed by atoms with Crippen LogP contribution in [0.1, 0.15) is 37.0 Å². The zero-order valence-corrected chi connectivity index (χ0v) is 18.9. The maximum atomic E-state index is 12.9. The molecule has 2 aliphatic rings. The Labute approximate surface area is 193 Å². The molecular formula is C23H23F3N2O4S. The lowest BCUT2D eigenvalue weighted by Crippen LogP contribution is -2.34. The first-order valence-corrected chi connectivity index (χ1v) is 11.4. The molecule has 0 saturated carbocycles. The fourth-order valence-electron chi connectivity index (χ4n) is 3.80. The Hall–Kier alpha value is -2.88. The second kappa shape index (κ2) is 9.17. The van der Waals surface area contributed by atoms with Crippen molar-refractivity contribution >= 4 is 29.3 Å². The average molecular weight is 481 g/mol. The lowest BCUT2D eigenvalue weighted by atomic mass is 10.1. The van der Waals surface area contributed by atoms with E-state index in [1.54, 1.807) is 0 Å². The summed E-state index contributed by atoms with van der Waals surface area (Å²) in [6, 6.07) is 6.98. The van der Waals surface area contributed by atoms with Gasteiger partial charge in [0.1, 0.15) is 17.6 Å². The molecule has 2 amide bonds. The number of nitrogens with one attached hydrogen (secondary N) is 2. The fourth-order valence-corrected chi connectivity index (χ4v) is 4.90. The Kier molecular flexibility index (Phi) is 6.47. The third-order valence-electron chi connectivity index (χ3n) is 5.35. The van der Waals surface area contributed by atoms with Crippen molar-refractivity contribution in [3.05, 3.63) is 47.0 Å². The number of alkyl halides is 3. The molecule has 10 heteroatoms. The van der Waals surface area contributed by atoms with E-state index in [0.717, 1.165) is 47.2 Å². The van der Waals surface area contributed by atoms with Gasteiger partial charge in [-0.3, -0.25) is 9.59 Å². The van der Waals surface area contributed by atoms with Crippen molar-refractivity contribution in [3.63, 3.8) is 0 Å². The van der Waals surface area contributed by atoms with Gasteiger partial charge in [-0.1, -0.05) is 0 Å². The molecule has 176 valence electrons. The summed E-state index contributed by atoms with van der Waals surface area (Å²) in [5, 5.41) is 4.54. The van der Waals surface area contributed by atoms with Gasteiger partial charge in [0.05, 0.1) is 23.1 Å². The van der Waals surface area contributed by atoms with E-state index in [1.165, 1.54) is 6.07 Å². The van der Waals surface area contributed by atoms with Crippen molar-refractivity contribution in [1.29, 1.82) is 0 Å². The minimum absolute atomic E-state index is 0.0799. The van der Waals surface area contributed by atoms with Crippen molar-refractivity contribution in [2.45, 2.75) is 55.7 Å². The van der Waals surface area contributed by atoms with Gasteiger partial charge in [-0.15, -0.1) is 11.8 Å². The van der Waals surface area contributed by atoms with Gasteiger partial charge in [0.15, 0.2) is 0 Å². The van der Waals surface area contributed by atoms with E-state index < -0.39 is 22.9 Å². The fraction of sp³-hybridized carbons (Fsp3) is 0.391. The van der Waals surface area contributed by atoms with Gasteiger partial charge in [-0.2, -0.15) is 13.2 Å². The second-order valence-corrected chi connectivity index (χ2v) is 9.16. The van der Waals surface area contributed by atoms with Crippen LogP contribution in [-0.4, -0.2) is 29.8 Å². The maximum Gasteiger partial charge on any atom is 0.416 e. The average Bonchev–Trinajstić information content (AvgIpc) is 3.10. The van der Waals surface area contributed by atoms with Gasteiger partial charge >= 0.3 is 6.18 Å². The number of benzene rings is 2. The lowest BCUT2D eigenvalue weighted by molar-refractivity contribution is -0.137. The van der Waals surface area contributed by atoms with Crippen LogP contribution in [-0.2, 0) is 28.7 Å². The number of carbonyl (C=O) groups excluding carboxylic acids is 2. The Morgan fingerprint density at radius 3 is 2.82 bits per heavy atom. The van der Waals surface area contributed by atoms with Crippen molar-refractivity contribution in [2.75, 3.05) is 11.9 Å². The predicted octanol–water partition coefficient (Wildman–Crippen LogP) is 4.55. The molecule has 2 N–H and O–H groups in total. The third kappa shape index (κ3) is 5.21. The summed E-state index contributed by atoms with van der Waals surface area (Å²) < 4.78 is 50.2. The highest BCUT2D eigenvalue weighted by molar-refractivity contribution is 8.01. The highest BCUT2D eigenvalue weighted by atomic mass is 32.2. The molecule has 4 rings (SSSR count). The number of hydrogen-bond donors (Lipinski definition) is 2. The summed E-state index contributed by atoms with van der Waals surface area (Å²) in [7, 11) is 0. The van der Waals surface area contributed by atoms with E-state index in [2.05, 4.69) is 10.6 Å². The number of carbonyl (C=O) groups is 2. The summed E-state index contributed by atoms with van der Waals surface area (Å²) in [5.74, 6) is 0.591. The predicted molar refractivity (Wildman–Crippen MR) is 118 cm³/mol. The lowest BCUT2D eigenvalue weighted by Gasteiger charge is -2.24. The molecule has 0 radical (unpaired) electrons. The normalized spacial score (nSPS) is 19.2. The van der Waals surface area contributed by atoms with Crippen LogP contribution in [0.2, 0.25) is 0 Å². The van der Waals surface area contributed by atoms with Gasteiger partial charge < -0.3 is 20.1 Å². The number of thioether (sulfide) groups is 1. The third-order valence-corrected chi connectivity index (χ3v) is 6.63. The maximum absolute atomic E-state index is 12.9. The molecular weight excluding hydrogens is 457 g/mol. The summed E-state index contributed by atoms with van der Waals surface area (Å²) >= 11 is 1.08. The van der Waals surface area contributed by atoms with Crippen LogP contribution in [0.25, 0.3) is 0 Å². The Balaban J connectivity index is 1.40. The van der Waals surface area contributed by atoms with E-state index in [-0.39, 0.29) is 30.7 Å². The number of amides is 2. The smallest absolute Gasteiger partial charge is 0.416 e. The molecule has 0 fully saturated rings. The highest BCUT2D eigenvalue weighted by Crippen LogP contribution is 2.40. The zero-order chi connectivity index (χ0) is 23.8. The van der Waals surface area contributed by atoms with Crippen molar-refractivity contribution < 1.29 is 32.2 Å². The highest BCUT2D eigenvalue weighted by Gasteiger charge is 2.34. The molecule has 0 saturated heterocycles. The molecule has 2 atom stereocenters. The van der Waals surface area contributed by atoms with Crippen LogP contribution >= 0.6 is 11.8 Å². The zero-order valence-electron chi connectivity index (χ0n) is 18.0. The van der Waals surface area contributed by atoms with Crippen LogP contribution in [0.4, 0.5) is 18.9 Å². The van der Waals surface area contributed by atoms with Crippen LogP contribution in [0, 0.1) is 0 Å². The monoisotopic (exact) mass is 480 g/mol. The number of anilines is 1. The quantitative estimate of drug-likeness (QED) is 0.635. The van der Waals surface area contributed by atoms with Crippen LogP contribution in [0.5, 0.6) is 11.5 Å². The van der Waals surface area contributed by atoms with Crippen molar-refractivity contribution in [2.24, 2.45) is 0 Å². The molecule has 2 aliphatic heterocycles. The number of ether oxygens (including phenoxy) is 2.